The van der Waals surface area contributed by atoms with Crippen molar-refractivity contribution in [2.45, 2.75) is 44.5 Å². The smallest absolute Gasteiger partial charge is 0.119 e. The molecular weight excluding hydrogens is 426 g/mol. The number of hydrogen-bond acceptors (Lipinski definition) is 5. The largest absolute Gasteiger partial charge is 0.494 e. The summed E-state index contributed by atoms with van der Waals surface area (Å²) in [4.78, 5) is 6.38. The first-order valence-electron chi connectivity index (χ1n) is 11.0. The van der Waals surface area contributed by atoms with Gasteiger partial charge >= 0.3 is 0 Å². The van der Waals surface area contributed by atoms with Crippen LogP contribution in [0.4, 0.5) is 0 Å². The summed E-state index contributed by atoms with van der Waals surface area (Å²) in [5, 5.41) is 21.5. The lowest BCUT2D eigenvalue weighted by atomic mass is 9.94. The molecule has 6 nitrogen and oxygen atoms in total. The van der Waals surface area contributed by atoms with Gasteiger partial charge in [-0.25, -0.2) is 4.98 Å². The Bertz CT molecular complexity index is 1010. The number of aromatic nitrogens is 2. The first kappa shape index (κ1) is 22.8. The Balaban J connectivity index is 1.35. The maximum Gasteiger partial charge on any atom is 0.119 e. The second-order valence-corrected chi connectivity index (χ2v) is 8.78. The summed E-state index contributed by atoms with van der Waals surface area (Å²) < 4.78 is 8.08. The zero-order valence-electron chi connectivity index (χ0n) is 18.3. The highest BCUT2D eigenvalue weighted by Gasteiger charge is 2.40. The Morgan fingerprint density at radius 3 is 2.72 bits per heavy atom. The molecule has 1 saturated heterocycles. The van der Waals surface area contributed by atoms with Gasteiger partial charge in [-0.3, -0.25) is 4.90 Å². The molecule has 2 heterocycles. The van der Waals surface area contributed by atoms with E-state index in [1.54, 1.807) is 0 Å². The van der Waals surface area contributed by atoms with Crippen molar-refractivity contribution in [3.63, 3.8) is 0 Å². The van der Waals surface area contributed by atoms with Crippen molar-refractivity contribution in [1.82, 2.24) is 14.5 Å². The Morgan fingerprint density at radius 2 is 2.00 bits per heavy atom. The minimum absolute atomic E-state index is 0.0597. The number of hydrogen-bond donors (Lipinski definition) is 2. The summed E-state index contributed by atoms with van der Waals surface area (Å²) in [6, 6.07) is 15.3. The summed E-state index contributed by atoms with van der Waals surface area (Å²) in [6.07, 6.45) is 4.06. The van der Waals surface area contributed by atoms with Gasteiger partial charge in [0.05, 0.1) is 25.4 Å². The number of halogens is 1. The molecule has 3 atom stereocenters. The summed E-state index contributed by atoms with van der Waals surface area (Å²) in [6.45, 7) is 4.72. The summed E-state index contributed by atoms with van der Waals surface area (Å²) in [7, 11) is 0. The number of imidazole rings is 1. The molecule has 0 unspecified atom stereocenters. The van der Waals surface area contributed by atoms with Crippen molar-refractivity contribution in [3.8, 4) is 5.75 Å². The topological polar surface area (TPSA) is 70.8 Å². The van der Waals surface area contributed by atoms with Crippen LogP contribution in [-0.2, 0) is 13.1 Å². The van der Waals surface area contributed by atoms with Crippen LogP contribution < -0.4 is 4.74 Å². The van der Waals surface area contributed by atoms with Gasteiger partial charge in [0.25, 0.3) is 0 Å². The molecular formula is C25H30ClN3O3. The molecule has 7 heteroatoms. The molecule has 0 spiro atoms. The zero-order valence-corrected chi connectivity index (χ0v) is 19.0. The van der Waals surface area contributed by atoms with Crippen LogP contribution in [0.2, 0.25) is 5.02 Å². The predicted molar refractivity (Wildman–Crippen MR) is 125 cm³/mol. The van der Waals surface area contributed by atoms with Gasteiger partial charge in [0.15, 0.2) is 0 Å². The van der Waals surface area contributed by atoms with Crippen molar-refractivity contribution < 1.29 is 14.9 Å². The number of aliphatic hydroxyl groups is 2. The molecule has 170 valence electrons. The zero-order chi connectivity index (χ0) is 22.5. The quantitative estimate of drug-likeness (QED) is 0.482. The lowest BCUT2D eigenvalue weighted by Crippen LogP contribution is -2.38. The van der Waals surface area contributed by atoms with E-state index in [1.807, 2.05) is 61.8 Å². The van der Waals surface area contributed by atoms with Crippen LogP contribution in [0.3, 0.4) is 0 Å². The third kappa shape index (κ3) is 5.33. The van der Waals surface area contributed by atoms with Gasteiger partial charge in [0, 0.05) is 43.0 Å². The second kappa shape index (κ2) is 10.5. The molecule has 2 N–H and O–H groups in total. The van der Waals surface area contributed by atoms with Gasteiger partial charge in [-0.15, -0.1) is 0 Å². The fourth-order valence-electron chi connectivity index (χ4n) is 4.43. The van der Waals surface area contributed by atoms with E-state index in [1.165, 1.54) is 0 Å². The van der Waals surface area contributed by atoms with Gasteiger partial charge < -0.3 is 19.5 Å². The van der Waals surface area contributed by atoms with Crippen LogP contribution in [0.5, 0.6) is 5.75 Å². The number of aryl methyl sites for hydroxylation is 2. The Hall–Kier alpha value is -2.38. The highest BCUT2D eigenvalue weighted by molar-refractivity contribution is 6.30. The maximum atomic E-state index is 10.8. The number of likely N-dealkylation sites (tertiary alicyclic amines) is 1. The second-order valence-electron chi connectivity index (χ2n) is 8.35. The van der Waals surface area contributed by atoms with Crippen LogP contribution >= 0.6 is 11.6 Å². The Labute approximate surface area is 194 Å². The van der Waals surface area contributed by atoms with Gasteiger partial charge in [-0.2, -0.15) is 0 Å². The predicted octanol–water partition coefficient (Wildman–Crippen LogP) is 3.64. The molecule has 3 aromatic rings. The standard InChI is InChI=1S/C25H30ClN3O3/c1-18-27-10-12-28(18)11-3-13-32-22-5-2-4-19(14-22)15-29-16-23(25(31)24(29)17-30)20-6-8-21(26)9-7-20/h2,4-10,12,14,23-25,30-31H,3,11,13,15-17H2,1H3/t23-,24-,25-/m1/s1. The van der Waals surface area contributed by atoms with Crippen LogP contribution in [0.1, 0.15) is 29.3 Å². The fourth-order valence-corrected chi connectivity index (χ4v) is 4.56. The van der Waals surface area contributed by atoms with Crippen LogP contribution in [-0.4, -0.2) is 56.6 Å². The first-order chi connectivity index (χ1) is 15.5. The van der Waals surface area contributed by atoms with E-state index in [4.69, 9.17) is 16.3 Å². The molecule has 1 aliphatic rings. The van der Waals surface area contributed by atoms with Gasteiger partial charge in [-0.1, -0.05) is 35.9 Å². The average Bonchev–Trinajstić information content (AvgIpc) is 3.34. The summed E-state index contributed by atoms with van der Waals surface area (Å²) >= 11 is 6.01. The van der Waals surface area contributed by atoms with E-state index in [0.29, 0.717) is 24.7 Å². The Kier molecular flexibility index (Phi) is 7.48. The van der Waals surface area contributed by atoms with E-state index in [2.05, 4.69) is 20.5 Å². The number of nitrogens with zero attached hydrogens (tertiary/aromatic N) is 3. The van der Waals surface area contributed by atoms with Gasteiger partial charge in [0.1, 0.15) is 11.6 Å². The number of ether oxygens (including phenoxy) is 1. The van der Waals surface area contributed by atoms with Crippen LogP contribution in [0, 0.1) is 6.92 Å². The Morgan fingerprint density at radius 1 is 1.19 bits per heavy atom. The molecule has 1 aromatic heterocycles. The molecule has 0 saturated carbocycles. The van der Waals surface area contributed by atoms with Crippen LogP contribution in [0.15, 0.2) is 60.9 Å². The van der Waals surface area contributed by atoms with Crippen molar-refractivity contribution in [2.24, 2.45) is 0 Å². The molecule has 0 radical (unpaired) electrons. The van der Waals surface area contributed by atoms with Crippen LogP contribution in [0.25, 0.3) is 0 Å². The summed E-state index contributed by atoms with van der Waals surface area (Å²) in [5.74, 6) is 1.78. The number of aliphatic hydroxyl groups excluding tert-OH is 2. The third-order valence-corrected chi connectivity index (χ3v) is 6.46. The molecule has 32 heavy (non-hydrogen) atoms. The molecule has 1 fully saturated rings. The highest BCUT2D eigenvalue weighted by Crippen LogP contribution is 2.34. The lowest BCUT2D eigenvalue weighted by molar-refractivity contribution is 0.0641. The summed E-state index contributed by atoms with van der Waals surface area (Å²) in [5.41, 5.74) is 2.13. The van der Waals surface area contributed by atoms with Gasteiger partial charge in [0.2, 0.25) is 0 Å². The molecule has 2 aromatic carbocycles. The van der Waals surface area contributed by atoms with E-state index < -0.39 is 6.10 Å². The number of rotatable bonds is 9. The molecule has 0 amide bonds. The maximum absolute atomic E-state index is 10.8. The lowest BCUT2D eigenvalue weighted by Gasteiger charge is -2.24. The SMILES string of the molecule is Cc1nccn1CCCOc1cccc(CN2C[C@H](c3ccc(Cl)cc3)[C@@H](O)[C@H]2CO)c1. The fraction of sp³-hybridized carbons (Fsp3) is 0.400. The van der Waals surface area contributed by atoms with Crippen molar-refractivity contribution in [3.05, 3.63) is 82.9 Å². The van der Waals surface area contributed by atoms with E-state index >= 15 is 0 Å². The average molecular weight is 456 g/mol. The van der Waals surface area contributed by atoms with Crippen molar-refractivity contribution >= 4 is 11.6 Å². The molecule has 4 rings (SSSR count). The van der Waals surface area contributed by atoms with E-state index in [-0.39, 0.29) is 18.6 Å². The molecule has 0 bridgehead atoms. The molecule has 0 aliphatic carbocycles. The van der Waals surface area contributed by atoms with Crippen molar-refractivity contribution in [1.29, 1.82) is 0 Å². The third-order valence-electron chi connectivity index (χ3n) is 6.21. The minimum atomic E-state index is -0.632. The normalized spacial score (nSPS) is 21.2. The van der Waals surface area contributed by atoms with Gasteiger partial charge in [-0.05, 0) is 48.7 Å². The number of benzene rings is 2. The molecule has 1 aliphatic heterocycles. The van der Waals surface area contributed by atoms with E-state index in [0.717, 1.165) is 35.7 Å². The van der Waals surface area contributed by atoms with Crippen molar-refractivity contribution in [2.75, 3.05) is 19.8 Å². The minimum Gasteiger partial charge on any atom is -0.494 e. The highest BCUT2D eigenvalue weighted by atomic mass is 35.5. The first-order valence-corrected chi connectivity index (χ1v) is 11.4. The van der Waals surface area contributed by atoms with E-state index in [9.17, 15) is 10.2 Å². The monoisotopic (exact) mass is 455 g/mol.